The molecule has 5 nitrogen and oxygen atoms in total. The van der Waals surface area contributed by atoms with Gasteiger partial charge in [0.15, 0.2) is 0 Å². The van der Waals surface area contributed by atoms with Crippen LogP contribution in [-0.4, -0.2) is 57.7 Å². The quantitative estimate of drug-likeness (QED) is 0.781. The molecule has 0 amide bonds. The molecule has 0 aromatic heterocycles. The van der Waals surface area contributed by atoms with Crippen LogP contribution in [0.3, 0.4) is 0 Å². The standard InChI is InChI=1S/C14H22FNO4S/c1-16(9-10-21(3,18)19)8-7-12(17)14-11(15)5-4-6-13(14)20-2/h4-6,12,17H,7-10H2,1-3H3. The molecule has 1 N–H and O–H groups in total. The number of hydrogen-bond acceptors (Lipinski definition) is 5. The summed E-state index contributed by atoms with van der Waals surface area (Å²) >= 11 is 0. The van der Waals surface area contributed by atoms with Crippen LogP contribution in [0.4, 0.5) is 4.39 Å². The van der Waals surface area contributed by atoms with Crippen LogP contribution in [0, 0.1) is 5.82 Å². The molecular weight excluding hydrogens is 297 g/mol. The van der Waals surface area contributed by atoms with Crippen molar-refractivity contribution in [2.75, 3.05) is 39.3 Å². The normalized spacial score (nSPS) is 13.4. The van der Waals surface area contributed by atoms with E-state index in [2.05, 4.69) is 0 Å². The van der Waals surface area contributed by atoms with Crippen molar-refractivity contribution in [2.24, 2.45) is 0 Å². The lowest BCUT2D eigenvalue weighted by atomic mass is 10.0. The largest absolute Gasteiger partial charge is 0.496 e. The molecule has 0 saturated carbocycles. The first kappa shape index (κ1) is 17.9. The molecule has 0 aliphatic carbocycles. The molecule has 1 aromatic carbocycles. The fourth-order valence-electron chi connectivity index (χ4n) is 1.94. The fourth-order valence-corrected chi connectivity index (χ4v) is 2.58. The lowest BCUT2D eigenvalue weighted by Crippen LogP contribution is -2.27. The van der Waals surface area contributed by atoms with E-state index in [-0.39, 0.29) is 17.7 Å². The molecule has 7 heteroatoms. The zero-order valence-corrected chi connectivity index (χ0v) is 13.4. The summed E-state index contributed by atoms with van der Waals surface area (Å²) in [6.07, 6.45) is 0.471. The number of hydrogen-bond donors (Lipinski definition) is 1. The van der Waals surface area contributed by atoms with Crippen molar-refractivity contribution >= 4 is 9.84 Å². The Morgan fingerprint density at radius 1 is 1.38 bits per heavy atom. The molecule has 120 valence electrons. The molecule has 1 rings (SSSR count). The summed E-state index contributed by atoms with van der Waals surface area (Å²) in [5.41, 5.74) is 0.136. The van der Waals surface area contributed by atoms with Crippen LogP contribution in [0.1, 0.15) is 18.1 Å². The van der Waals surface area contributed by atoms with Gasteiger partial charge in [-0.2, -0.15) is 0 Å². The Morgan fingerprint density at radius 2 is 2.05 bits per heavy atom. The zero-order chi connectivity index (χ0) is 16.0. The first-order chi connectivity index (χ1) is 9.74. The van der Waals surface area contributed by atoms with Crippen molar-refractivity contribution in [1.29, 1.82) is 0 Å². The topological polar surface area (TPSA) is 66.8 Å². The molecule has 0 saturated heterocycles. The van der Waals surface area contributed by atoms with Crippen LogP contribution in [0.5, 0.6) is 5.75 Å². The molecule has 0 aliphatic rings. The van der Waals surface area contributed by atoms with Crippen molar-refractivity contribution in [2.45, 2.75) is 12.5 Å². The van der Waals surface area contributed by atoms with E-state index < -0.39 is 21.8 Å². The second-order valence-corrected chi connectivity index (χ2v) is 7.35. The number of methoxy groups -OCH3 is 1. The Bertz CT molecular complexity index is 562. The van der Waals surface area contributed by atoms with Gasteiger partial charge < -0.3 is 14.7 Å². The van der Waals surface area contributed by atoms with E-state index in [1.807, 2.05) is 0 Å². The summed E-state index contributed by atoms with van der Waals surface area (Å²) in [4.78, 5) is 1.79. The van der Waals surface area contributed by atoms with Gasteiger partial charge in [-0.05, 0) is 25.6 Å². The maximum atomic E-state index is 13.8. The van der Waals surface area contributed by atoms with Gasteiger partial charge in [0, 0.05) is 19.3 Å². The first-order valence-electron chi connectivity index (χ1n) is 6.61. The second-order valence-electron chi connectivity index (χ2n) is 5.09. The maximum Gasteiger partial charge on any atom is 0.148 e. The second kappa shape index (κ2) is 7.72. The molecule has 0 spiro atoms. The molecule has 0 radical (unpaired) electrons. The Hall–Kier alpha value is -1.18. The van der Waals surface area contributed by atoms with Gasteiger partial charge in [0.25, 0.3) is 0 Å². The van der Waals surface area contributed by atoms with Crippen LogP contribution in [0.25, 0.3) is 0 Å². The van der Waals surface area contributed by atoms with E-state index in [9.17, 15) is 17.9 Å². The minimum Gasteiger partial charge on any atom is -0.496 e. The van der Waals surface area contributed by atoms with Gasteiger partial charge in [0.05, 0.1) is 24.5 Å². The van der Waals surface area contributed by atoms with Gasteiger partial charge in [-0.1, -0.05) is 6.07 Å². The van der Waals surface area contributed by atoms with E-state index in [1.54, 1.807) is 18.0 Å². The minimum absolute atomic E-state index is 0.0581. The van der Waals surface area contributed by atoms with Crippen LogP contribution in [0.15, 0.2) is 18.2 Å². The van der Waals surface area contributed by atoms with E-state index in [1.165, 1.54) is 25.5 Å². The van der Waals surface area contributed by atoms with E-state index >= 15 is 0 Å². The molecule has 1 aromatic rings. The average molecular weight is 319 g/mol. The van der Waals surface area contributed by atoms with E-state index in [0.717, 1.165) is 0 Å². The highest BCUT2D eigenvalue weighted by Gasteiger charge is 2.18. The molecule has 0 heterocycles. The Balaban J connectivity index is 2.60. The van der Waals surface area contributed by atoms with E-state index in [4.69, 9.17) is 4.74 Å². The average Bonchev–Trinajstić information content (AvgIpc) is 2.41. The number of rotatable bonds is 8. The molecule has 0 bridgehead atoms. The third kappa shape index (κ3) is 5.99. The SMILES string of the molecule is COc1cccc(F)c1C(O)CCN(C)CCS(C)(=O)=O. The van der Waals surface area contributed by atoms with Crippen LogP contribution < -0.4 is 4.74 Å². The molecule has 21 heavy (non-hydrogen) atoms. The zero-order valence-electron chi connectivity index (χ0n) is 12.5. The van der Waals surface area contributed by atoms with Crippen LogP contribution in [0.2, 0.25) is 0 Å². The van der Waals surface area contributed by atoms with E-state index in [0.29, 0.717) is 18.8 Å². The third-order valence-electron chi connectivity index (χ3n) is 3.19. The van der Waals surface area contributed by atoms with Crippen molar-refractivity contribution in [1.82, 2.24) is 4.90 Å². The lowest BCUT2D eigenvalue weighted by molar-refractivity contribution is 0.143. The van der Waals surface area contributed by atoms with Crippen molar-refractivity contribution in [3.05, 3.63) is 29.6 Å². The summed E-state index contributed by atoms with van der Waals surface area (Å²) < 4.78 is 41.0. The van der Waals surface area contributed by atoms with Crippen LogP contribution >= 0.6 is 0 Å². The fraction of sp³-hybridized carbons (Fsp3) is 0.571. The van der Waals surface area contributed by atoms with Crippen LogP contribution in [-0.2, 0) is 9.84 Å². The smallest absolute Gasteiger partial charge is 0.148 e. The third-order valence-corrected chi connectivity index (χ3v) is 4.12. The Kier molecular flexibility index (Phi) is 6.57. The summed E-state index contributed by atoms with van der Waals surface area (Å²) in [5.74, 6) is -0.148. The Morgan fingerprint density at radius 3 is 2.62 bits per heavy atom. The number of halogens is 1. The minimum atomic E-state index is -3.01. The Labute approximate surface area is 125 Å². The number of ether oxygens (including phenoxy) is 1. The van der Waals surface area contributed by atoms with Crippen molar-refractivity contribution in [3.63, 3.8) is 0 Å². The highest BCUT2D eigenvalue weighted by Crippen LogP contribution is 2.29. The highest BCUT2D eigenvalue weighted by molar-refractivity contribution is 7.90. The summed E-state index contributed by atoms with van der Waals surface area (Å²) in [6, 6.07) is 4.38. The molecular formula is C14H22FNO4S. The van der Waals surface area contributed by atoms with Crippen molar-refractivity contribution in [3.8, 4) is 5.75 Å². The van der Waals surface area contributed by atoms with Gasteiger partial charge in [0.1, 0.15) is 21.4 Å². The number of aliphatic hydroxyl groups excluding tert-OH is 1. The number of sulfone groups is 1. The predicted octanol–water partition coefficient (Wildman–Crippen LogP) is 1.23. The molecule has 0 aliphatic heterocycles. The number of nitrogens with zero attached hydrogens (tertiary/aromatic N) is 1. The monoisotopic (exact) mass is 319 g/mol. The number of aliphatic hydroxyl groups is 1. The maximum absolute atomic E-state index is 13.8. The lowest BCUT2D eigenvalue weighted by Gasteiger charge is -2.20. The summed E-state index contributed by atoms with van der Waals surface area (Å²) in [7, 11) is 0.169. The number of benzene rings is 1. The van der Waals surface area contributed by atoms with Gasteiger partial charge in [0.2, 0.25) is 0 Å². The molecule has 1 unspecified atom stereocenters. The van der Waals surface area contributed by atoms with Gasteiger partial charge in [-0.25, -0.2) is 12.8 Å². The highest BCUT2D eigenvalue weighted by atomic mass is 32.2. The summed E-state index contributed by atoms with van der Waals surface area (Å²) in [6.45, 7) is 0.828. The summed E-state index contributed by atoms with van der Waals surface area (Å²) in [5, 5.41) is 10.1. The van der Waals surface area contributed by atoms with Gasteiger partial charge in [-0.3, -0.25) is 0 Å². The van der Waals surface area contributed by atoms with Gasteiger partial charge >= 0.3 is 0 Å². The molecule has 1 atom stereocenters. The van der Waals surface area contributed by atoms with Gasteiger partial charge in [-0.15, -0.1) is 0 Å². The predicted molar refractivity (Wildman–Crippen MR) is 79.7 cm³/mol. The van der Waals surface area contributed by atoms with Crippen molar-refractivity contribution < 1.29 is 22.7 Å². The first-order valence-corrected chi connectivity index (χ1v) is 8.67. The molecule has 0 fully saturated rings.